The maximum Gasteiger partial charge on any atom is 0.489 e. The van der Waals surface area contributed by atoms with Crippen molar-refractivity contribution < 1.29 is 13.7 Å². The van der Waals surface area contributed by atoms with Crippen LogP contribution in [-0.4, -0.2) is 41.8 Å². The lowest BCUT2D eigenvalue weighted by atomic mass is 9.45. The molecule has 3 saturated carbocycles. The van der Waals surface area contributed by atoms with E-state index in [4.69, 9.17) is 20.3 Å². The molecule has 2 bridgehead atoms. The molecule has 1 unspecified atom stereocenters. The van der Waals surface area contributed by atoms with E-state index >= 15 is 0 Å². The first kappa shape index (κ1) is 27.1. The summed E-state index contributed by atoms with van der Waals surface area (Å²) in [6.45, 7) is 22.1. The van der Waals surface area contributed by atoms with Gasteiger partial charge < -0.3 is 13.7 Å². The maximum atomic E-state index is 6.81. The number of allylic oxidation sites excluding steroid dienone is 1. The normalized spacial score (nSPS) is 29.4. The van der Waals surface area contributed by atoms with Crippen LogP contribution < -0.4 is 10.4 Å². The standard InChI is InChI=1S/C31H45BO3Si2/c1-23(32-34-29-27-21-24(30(27,2)3)22-31(29,4)35-32)28(36(5,6)25-15-11-9-12-16-25)19-20-33-37(7,8)26-17-13-10-14-18-26/h9-18,24,27-29H,1,19-22H2,2-8H3/t24-,27+,28?,29-,31+/m0/s1. The van der Waals surface area contributed by atoms with Crippen molar-refractivity contribution in [3.05, 3.63) is 72.7 Å². The van der Waals surface area contributed by atoms with Gasteiger partial charge in [0.1, 0.15) is 0 Å². The zero-order chi connectivity index (χ0) is 26.6. The minimum Gasteiger partial charge on any atom is -0.413 e. The van der Waals surface area contributed by atoms with E-state index in [1.54, 1.807) is 0 Å². The van der Waals surface area contributed by atoms with Crippen LogP contribution in [-0.2, 0) is 13.7 Å². The van der Waals surface area contributed by atoms with Gasteiger partial charge in [-0.2, -0.15) is 0 Å². The highest BCUT2D eigenvalue weighted by atomic mass is 28.4. The molecule has 4 aliphatic rings. The van der Waals surface area contributed by atoms with Gasteiger partial charge in [-0.1, -0.05) is 92.8 Å². The number of hydrogen-bond donors (Lipinski definition) is 0. The smallest absolute Gasteiger partial charge is 0.413 e. The van der Waals surface area contributed by atoms with Crippen LogP contribution in [0, 0.1) is 17.3 Å². The highest BCUT2D eigenvalue weighted by molar-refractivity contribution is 6.92. The van der Waals surface area contributed by atoms with E-state index in [1.807, 2.05) is 0 Å². The molecule has 198 valence electrons. The summed E-state index contributed by atoms with van der Waals surface area (Å²) in [5.74, 6) is 1.31. The van der Waals surface area contributed by atoms with Crippen LogP contribution >= 0.6 is 0 Å². The maximum absolute atomic E-state index is 6.81. The van der Waals surface area contributed by atoms with Gasteiger partial charge in [-0.05, 0) is 72.7 Å². The third-order valence-electron chi connectivity index (χ3n) is 10.3. The molecule has 37 heavy (non-hydrogen) atoms. The van der Waals surface area contributed by atoms with Crippen molar-refractivity contribution in [3.8, 4) is 0 Å². The van der Waals surface area contributed by atoms with Crippen molar-refractivity contribution in [2.45, 2.75) is 83.5 Å². The molecule has 3 nitrogen and oxygen atoms in total. The fraction of sp³-hybridized carbons (Fsp3) is 0.548. The van der Waals surface area contributed by atoms with Crippen LogP contribution in [0.4, 0.5) is 0 Å². The summed E-state index contributed by atoms with van der Waals surface area (Å²) >= 11 is 0. The van der Waals surface area contributed by atoms with Gasteiger partial charge in [0.2, 0.25) is 8.32 Å². The average molecular weight is 533 g/mol. The highest BCUT2D eigenvalue weighted by Crippen LogP contribution is 2.65. The molecule has 2 aromatic carbocycles. The fourth-order valence-electron chi connectivity index (χ4n) is 7.47. The van der Waals surface area contributed by atoms with E-state index in [0.717, 1.165) is 30.8 Å². The first-order valence-corrected chi connectivity index (χ1v) is 20.1. The van der Waals surface area contributed by atoms with Crippen LogP contribution in [0.5, 0.6) is 0 Å². The summed E-state index contributed by atoms with van der Waals surface area (Å²) in [5.41, 5.74) is 1.57. The van der Waals surface area contributed by atoms with Gasteiger partial charge >= 0.3 is 7.12 Å². The molecular weight excluding hydrogens is 487 g/mol. The van der Waals surface area contributed by atoms with E-state index < -0.39 is 16.4 Å². The van der Waals surface area contributed by atoms with Gasteiger partial charge in [0.25, 0.3) is 0 Å². The minimum atomic E-state index is -1.98. The Morgan fingerprint density at radius 1 is 1.00 bits per heavy atom. The summed E-state index contributed by atoms with van der Waals surface area (Å²) in [6, 6.07) is 21.8. The Balaban J connectivity index is 1.36. The predicted octanol–water partition coefficient (Wildman–Crippen LogP) is 6.31. The van der Waals surface area contributed by atoms with Gasteiger partial charge in [-0.3, -0.25) is 0 Å². The van der Waals surface area contributed by atoms with E-state index in [-0.39, 0.29) is 18.8 Å². The molecule has 5 atom stereocenters. The molecule has 1 aliphatic heterocycles. The van der Waals surface area contributed by atoms with Crippen molar-refractivity contribution in [2.75, 3.05) is 6.61 Å². The largest absolute Gasteiger partial charge is 0.489 e. The third kappa shape index (κ3) is 4.78. The molecule has 0 N–H and O–H groups in total. The molecule has 4 fully saturated rings. The lowest BCUT2D eigenvalue weighted by Gasteiger charge is -2.63. The molecular formula is C31H45BO3Si2. The van der Waals surface area contributed by atoms with Crippen molar-refractivity contribution in [1.29, 1.82) is 0 Å². The number of benzene rings is 2. The van der Waals surface area contributed by atoms with Gasteiger partial charge in [0, 0.05) is 6.61 Å². The third-order valence-corrected chi connectivity index (χ3v) is 17.2. The Bertz CT molecular complexity index is 1120. The van der Waals surface area contributed by atoms with Crippen LogP contribution in [0.15, 0.2) is 72.7 Å². The fourth-order valence-corrected chi connectivity index (χ4v) is 12.6. The van der Waals surface area contributed by atoms with Crippen molar-refractivity contribution >= 4 is 33.9 Å². The Hall–Kier alpha value is -1.44. The van der Waals surface area contributed by atoms with Gasteiger partial charge in [-0.25, -0.2) is 0 Å². The van der Waals surface area contributed by atoms with Crippen molar-refractivity contribution in [3.63, 3.8) is 0 Å². The van der Waals surface area contributed by atoms with Gasteiger partial charge in [0.05, 0.1) is 19.8 Å². The Labute approximate surface area is 227 Å². The molecule has 3 aliphatic carbocycles. The van der Waals surface area contributed by atoms with Crippen LogP contribution in [0.2, 0.25) is 31.7 Å². The van der Waals surface area contributed by atoms with Gasteiger partial charge in [0.15, 0.2) is 0 Å². The number of hydrogen-bond acceptors (Lipinski definition) is 3. The van der Waals surface area contributed by atoms with Crippen LogP contribution in [0.25, 0.3) is 0 Å². The zero-order valence-electron chi connectivity index (χ0n) is 23.9. The van der Waals surface area contributed by atoms with Crippen molar-refractivity contribution in [2.24, 2.45) is 17.3 Å². The summed E-state index contributed by atoms with van der Waals surface area (Å²) < 4.78 is 20.3. The molecule has 6 rings (SSSR count). The predicted molar refractivity (Wildman–Crippen MR) is 161 cm³/mol. The summed E-state index contributed by atoms with van der Waals surface area (Å²) in [4.78, 5) is 0. The minimum absolute atomic E-state index is 0.164. The molecule has 6 heteroatoms. The monoisotopic (exact) mass is 532 g/mol. The second kappa shape index (κ2) is 9.63. The van der Waals surface area contributed by atoms with E-state index in [2.05, 4.69) is 108 Å². The molecule has 2 aromatic rings. The first-order chi connectivity index (χ1) is 17.4. The lowest BCUT2D eigenvalue weighted by Crippen LogP contribution is -2.63. The second-order valence-corrected chi connectivity index (χ2v) is 22.2. The molecule has 0 spiro atoms. The van der Waals surface area contributed by atoms with Crippen LogP contribution in [0.3, 0.4) is 0 Å². The molecule has 1 heterocycles. The van der Waals surface area contributed by atoms with E-state index in [0.29, 0.717) is 16.9 Å². The molecule has 1 saturated heterocycles. The van der Waals surface area contributed by atoms with Crippen molar-refractivity contribution in [1.82, 2.24) is 0 Å². The highest BCUT2D eigenvalue weighted by Gasteiger charge is 2.67. The number of rotatable bonds is 9. The Morgan fingerprint density at radius 3 is 2.19 bits per heavy atom. The SMILES string of the molecule is C=C(B1O[C@H]2[C@H]3C[C@@H](C[C@@]2(C)O1)C3(C)C)C(CCO[Si](C)(C)c1ccccc1)[Si](C)(C)c1ccccc1. The lowest BCUT2D eigenvalue weighted by molar-refractivity contribution is -0.185. The molecule has 0 radical (unpaired) electrons. The van der Waals surface area contributed by atoms with E-state index in [1.165, 1.54) is 16.8 Å². The molecule has 0 amide bonds. The average Bonchev–Trinajstić information content (AvgIpc) is 3.24. The van der Waals surface area contributed by atoms with Crippen LogP contribution in [0.1, 0.15) is 40.0 Å². The zero-order valence-corrected chi connectivity index (χ0v) is 25.9. The van der Waals surface area contributed by atoms with Gasteiger partial charge in [-0.15, -0.1) is 6.58 Å². The Morgan fingerprint density at radius 2 is 1.59 bits per heavy atom. The molecule has 0 aromatic heterocycles. The second-order valence-electron chi connectivity index (χ2n) is 13.6. The quantitative estimate of drug-likeness (QED) is 0.354. The van der Waals surface area contributed by atoms with E-state index in [9.17, 15) is 0 Å². The summed E-state index contributed by atoms with van der Waals surface area (Å²) in [5, 5.41) is 2.79. The topological polar surface area (TPSA) is 27.7 Å². The Kier molecular flexibility index (Phi) is 7.07. The first-order valence-electron chi connectivity index (χ1n) is 14.1. The summed E-state index contributed by atoms with van der Waals surface area (Å²) in [7, 11) is -4.26. The summed E-state index contributed by atoms with van der Waals surface area (Å²) in [6.07, 6.45) is 3.47.